The molecule has 1 fully saturated rings. The molecular weight excluding hydrogens is 321 g/mol. The first-order chi connectivity index (χ1) is 12.0. The van der Waals surface area contributed by atoms with E-state index >= 15 is 0 Å². The van der Waals surface area contributed by atoms with Crippen molar-refractivity contribution in [2.45, 2.75) is 32.0 Å². The van der Waals surface area contributed by atoms with Gasteiger partial charge in [-0.05, 0) is 48.2 Å². The second-order valence-corrected chi connectivity index (χ2v) is 6.21. The van der Waals surface area contributed by atoms with Crippen LogP contribution in [0, 0.1) is 5.82 Å². The summed E-state index contributed by atoms with van der Waals surface area (Å²) in [6.45, 7) is 0.792. The van der Waals surface area contributed by atoms with E-state index in [2.05, 4.69) is 5.32 Å². The Morgan fingerprint density at radius 1 is 1.04 bits per heavy atom. The summed E-state index contributed by atoms with van der Waals surface area (Å²) in [6, 6.07) is 13.0. The van der Waals surface area contributed by atoms with Gasteiger partial charge >= 0.3 is 6.03 Å². The molecule has 0 spiro atoms. The molecule has 0 bridgehead atoms. The minimum atomic E-state index is -0.584. The van der Waals surface area contributed by atoms with Gasteiger partial charge in [-0.25, -0.2) is 9.18 Å². The molecular formula is C19H20FN3O2. The molecule has 1 saturated carbocycles. The van der Waals surface area contributed by atoms with E-state index in [1.807, 2.05) is 4.90 Å². The maximum absolute atomic E-state index is 13.1. The summed E-state index contributed by atoms with van der Waals surface area (Å²) in [7, 11) is 0. The van der Waals surface area contributed by atoms with Gasteiger partial charge < -0.3 is 16.0 Å². The molecule has 3 rings (SSSR count). The number of carbonyl (C=O) groups is 2. The standard InChI is InChI=1S/C19H20FN3O2/c20-16-7-3-14(4-8-16)12-23(17-9-10-17)18(24)15-5-1-13(2-6-15)11-22-19(21)25/h1-8,17H,9-12H2,(H3,21,22,25). The van der Waals surface area contributed by atoms with Crippen LogP contribution in [0.5, 0.6) is 0 Å². The van der Waals surface area contributed by atoms with Crippen LogP contribution in [-0.4, -0.2) is 22.9 Å². The monoisotopic (exact) mass is 341 g/mol. The fraction of sp³-hybridized carbons (Fsp3) is 0.263. The Balaban J connectivity index is 1.70. The van der Waals surface area contributed by atoms with E-state index in [-0.39, 0.29) is 17.8 Å². The van der Waals surface area contributed by atoms with Crippen molar-refractivity contribution in [3.8, 4) is 0 Å². The van der Waals surface area contributed by atoms with Crippen LogP contribution in [0.15, 0.2) is 48.5 Å². The Kier molecular flexibility index (Phi) is 4.97. The molecule has 2 aromatic rings. The van der Waals surface area contributed by atoms with Crippen LogP contribution < -0.4 is 11.1 Å². The third-order valence-electron chi connectivity index (χ3n) is 4.18. The number of nitrogens with two attached hydrogens (primary N) is 1. The number of urea groups is 1. The van der Waals surface area contributed by atoms with Gasteiger partial charge in [0.2, 0.25) is 0 Å². The van der Waals surface area contributed by atoms with Crippen LogP contribution in [0.4, 0.5) is 9.18 Å². The van der Waals surface area contributed by atoms with E-state index in [1.165, 1.54) is 12.1 Å². The number of nitrogens with one attached hydrogen (secondary N) is 1. The number of primary amides is 1. The fourth-order valence-electron chi connectivity index (χ4n) is 2.66. The number of hydrogen-bond acceptors (Lipinski definition) is 2. The smallest absolute Gasteiger partial charge is 0.312 e. The molecule has 0 saturated heterocycles. The van der Waals surface area contributed by atoms with Gasteiger partial charge in [0.05, 0.1) is 0 Å². The number of benzene rings is 2. The van der Waals surface area contributed by atoms with Gasteiger partial charge in [-0.15, -0.1) is 0 Å². The van der Waals surface area contributed by atoms with E-state index in [0.29, 0.717) is 18.7 Å². The molecule has 0 aromatic heterocycles. The summed E-state index contributed by atoms with van der Waals surface area (Å²) in [6.07, 6.45) is 1.99. The summed E-state index contributed by atoms with van der Waals surface area (Å²) in [5, 5.41) is 2.51. The number of hydrogen-bond donors (Lipinski definition) is 2. The van der Waals surface area contributed by atoms with Crippen molar-refractivity contribution in [2.75, 3.05) is 0 Å². The number of halogens is 1. The van der Waals surface area contributed by atoms with E-state index in [0.717, 1.165) is 24.0 Å². The topological polar surface area (TPSA) is 75.4 Å². The molecule has 2 aromatic carbocycles. The van der Waals surface area contributed by atoms with Gasteiger partial charge in [0.15, 0.2) is 0 Å². The molecule has 0 aliphatic heterocycles. The minimum Gasteiger partial charge on any atom is -0.352 e. The molecule has 1 aliphatic carbocycles. The normalized spacial score (nSPS) is 13.3. The van der Waals surface area contributed by atoms with Crippen molar-refractivity contribution in [3.63, 3.8) is 0 Å². The van der Waals surface area contributed by atoms with Crippen molar-refractivity contribution < 1.29 is 14.0 Å². The predicted molar refractivity (Wildman–Crippen MR) is 92.2 cm³/mol. The molecule has 0 atom stereocenters. The Hall–Kier alpha value is -2.89. The third-order valence-corrected chi connectivity index (χ3v) is 4.18. The van der Waals surface area contributed by atoms with Crippen LogP contribution in [0.25, 0.3) is 0 Å². The van der Waals surface area contributed by atoms with Crippen molar-refractivity contribution in [2.24, 2.45) is 5.73 Å². The van der Waals surface area contributed by atoms with Crippen molar-refractivity contribution in [3.05, 3.63) is 71.0 Å². The van der Waals surface area contributed by atoms with Gasteiger partial charge in [0, 0.05) is 24.7 Å². The zero-order chi connectivity index (χ0) is 17.8. The fourth-order valence-corrected chi connectivity index (χ4v) is 2.66. The van der Waals surface area contributed by atoms with Gasteiger partial charge in [0.25, 0.3) is 5.91 Å². The molecule has 130 valence electrons. The van der Waals surface area contributed by atoms with E-state index in [4.69, 9.17) is 5.73 Å². The lowest BCUT2D eigenvalue weighted by molar-refractivity contribution is 0.0730. The van der Waals surface area contributed by atoms with Crippen LogP contribution in [0.1, 0.15) is 34.3 Å². The predicted octanol–water partition coefficient (Wildman–Crippen LogP) is 2.80. The van der Waals surface area contributed by atoms with Crippen LogP contribution in [0.3, 0.4) is 0 Å². The van der Waals surface area contributed by atoms with Crippen molar-refractivity contribution in [1.82, 2.24) is 10.2 Å². The molecule has 6 heteroatoms. The summed E-state index contributed by atoms with van der Waals surface area (Å²) >= 11 is 0. The molecule has 0 heterocycles. The molecule has 3 N–H and O–H groups in total. The van der Waals surface area contributed by atoms with Gasteiger partial charge in [-0.1, -0.05) is 24.3 Å². The number of rotatable bonds is 6. The lowest BCUT2D eigenvalue weighted by atomic mass is 10.1. The quantitative estimate of drug-likeness (QED) is 0.848. The molecule has 25 heavy (non-hydrogen) atoms. The maximum atomic E-state index is 13.1. The number of nitrogens with zero attached hydrogens (tertiary/aromatic N) is 1. The third kappa shape index (κ3) is 4.56. The van der Waals surface area contributed by atoms with Crippen LogP contribution >= 0.6 is 0 Å². The Morgan fingerprint density at radius 2 is 1.64 bits per heavy atom. The maximum Gasteiger partial charge on any atom is 0.312 e. The Morgan fingerprint density at radius 3 is 2.20 bits per heavy atom. The Bertz CT molecular complexity index is 755. The second-order valence-electron chi connectivity index (χ2n) is 6.21. The van der Waals surface area contributed by atoms with Gasteiger partial charge in [0.1, 0.15) is 5.82 Å². The van der Waals surface area contributed by atoms with E-state index < -0.39 is 6.03 Å². The first-order valence-corrected chi connectivity index (χ1v) is 8.20. The number of carbonyl (C=O) groups excluding carboxylic acids is 2. The molecule has 0 unspecified atom stereocenters. The molecule has 5 nitrogen and oxygen atoms in total. The van der Waals surface area contributed by atoms with Crippen LogP contribution in [0.2, 0.25) is 0 Å². The zero-order valence-corrected chi connectivity index (χ0v) is 13.7. The average Bonchev–Trinajstić information content (AvgIpc) is 3.44. The van der Waals surface area contributed by atoms with Crippen LogP contribution in [-0.2, 0) is 13.1 Å². The van der Waals surface area contributed by atoms with Gasteiger partial charge in [-0.2, -0.15) is 0 Å². The first kappa shape index (κ1) is 17.0. The van der Waals surface area contributed by atoms with E-state index in [1.54, 1.807) is 36.4 Å². The molecule has 1 aliphatic rings. The summed E-state index contributed by atoms with van der Waals surface area (Å²) < 4.78 is 13.1. The first-order valence-electron chi connectivity index (χ1n) is 8.20. The highest BCUT2D eigenvalue weighted by atomic mass is 19.1. The second kappa shape index (κ2) is 7.34. The number of amides is 3. The summed E-state index contributed by atoms with van der Waals surface area (Å²) in [4.78, 5) is 25.4. The summed E-state index contributed by atoms with van der Waals surface area (Å²) in [5.74, 6) is -0.325. The van der Waals surface area contributed by atoms with Crippen molar-refractivity contribution >= 4 is 11.9 Å². The zero-order valence-electron chi connectivity index (χ0n) is 13.7. The highest BCUT2D eigenvalue weighted by Gasteiger charge is 2.33. The highest BCUT2D eigenvalue weighted by Crippen LogP contribution is 2.30. The summed E-state index contributed by atoms with van der Waals surface area (Å²) in [5.41, 5.74) is 7.41. The minimum absolute atomic E-state index is 0.0405. The Labute approximate surface area is 145 Å². The largest absolute Gasteiger partial charge is 0.352 e. The molecule has 0 radical (unpaired) electrons. The average molecular weight is 341 g/mol. The molecule has 3 amide bonds. The SMILES string of the molecule is NC(=O)NCc1ccc(C(=O)N(Cc2ccc(F)cc2)C2CC2)cc1. The van der Waals surface area contributed by atoms with Gasteiger partial charge in [-0.3, -0.25) is 4.79 Å². The lowest BCUT2D eigenvalue weighted by Crippen LogP contribution is -2.32. The highest BCUT2D eigenvalue weighted by molar-refractivity contribution is 5.94. The van der Waals surface area contributed by atoms with Crippen molar-refractivity contribution in [1.29, 1.82) is 0 Å². The van der Waals surface area contributed by atoms with E-state index in [9.17, 15) is 14.0 Å². The lowest BCUT2D eigenvalue weighted by Gasteiger charge is -2.23.